The third kappa shape index (κ3) is 13.6. The van der Waals surface area contributed by atoms with Gasteiger partial charge in [0.1, 0.15) is 0 Å². The Labute approximate surface area is 191 Å². The van der Waals surface area contributed by atoms with Crippen molar-refractivity contribution in [1.82, 2.24) is 0 Å². The van der Waals surface area contributed by atoms with Gasteiger partial charge in [0.15, 0.2) is 0 Å². The molecule has 0 fully saturated rings. The van der Waals surface area contributed by atoms with Crippen LogP contribution in [-0.4, -0.2) is 0 Å². The van der Waals surface area contributed by atoms with E-state index < -0.39 is 0 Å². The molecule has 2 aromatic carbocycles. The van der Waals surface area contributed by atoms with Crippen molar-refractivity contribution in [3.05, 3.63) is 59.2 Å². The standard InChI is InChI=1S/C20H26.C4H10.3C2H6/c1-5-6-9-15(2)18-13-12-17(4)20(14-18)19-11-8-7-10-16(19)3;1-3-4-2;3*1-2/h7-8,10-15H,5-6,9H2,1-4H3;3-4H2,1-2H3;3*1-2H3. The van der Waals surface area contributed by atoms with E-state index in [2.05, 4.69) is 84.0 Å². The van der Waals surface area contributed by atoms with Crippen molar-refractivity contribution in [2.24, 2.45) is 0 Å². The first-order valence-corrected chi connectivity index (χ1v) is 12.7. The summed E-state index contributed by atoms with van der Waals surface area (Å²) in [5.41, 5.74) is 6.96. The third-order valence-corrected chi connectivity index (χ3v) is 4.76. The summed E-state index contributed by atoms with van der Waals surface area (Å²) in [6.07, 6.45) is 6.52. The largest absolute Gasteiger partial charge is 0.0683 e. The van der Waals surface area contributed by atoms with Crippen LogP contribution in [0.4, 0.5) is 0 Å². The summed E-state index contributed by atoms with van der Waals surface area (Å²) in [6.45, 7) is 25.4. The molecule has 0 aromatic heterocycles. The first kappa shape index (κ1) is 33.1. The van der Waals surface area contributed by atoms with Gasteiger partial charge in [-0.15, -0.1) is 0 Å². The molecule has 0 saturated carbocycles. The molecule has 0 spiro atoms. The summed E-state index contributed by atoms with van der Waals surface area (Å²) in [5.74, 6) is 0.651. The van der Waals surface area contributed by atoms with E-state index in [0.717, 1.165) is 0 Å². The molecule has 0 saturated heterocycles. The highest BCUT2D eigenvalue weighted by atomic mass is 14.1. The summed E-state index contributed by atoms with van der Waals surface area (Å²) >= 11 is 0. The first-order chi connectivity index (χ1) is 14.5. The van der Waals surface area contributed by atoms with Gasteiger partial charge in [0.2, 0.25) is 0 Å². The Bertz CT molecular complexity index is 593. The van der Waals surface area contributed by atoms with Crippen molar-refractivity contribution in [3.63, 3.8) is 0 Å². The summed E-state index contributed by atoms with van der Waals surface area (Å²) in [6, 6.07) is 15.7. The van der Waals surface area contributed by atoms with Crippen LogP contribution in [-0.2, 0) is 0 Å². The summed E-state index contributed by atoms with van der Waals surface area (Å²) in [7, 11) is 0. The van der Waals surface area contributed by atoms with Gasteiger partial charge in [-0.25, -0.2) is 0 Å². The van der Waals surface area contributed by atoms with Crippen molar-refractivity contribution in [2.45, 2.75) is 121 Å². The van der Waals surface area contributed by atoms with E-state index in [0.29, 0.717) is 5.92 Å². The van der Waals surface area contributed by atoms with Crippen LogP contribution in [0.25, 0.3) is 11.1 Å². The quantitative estimate of drug-likeness (QED) is 0.441. The van der Waals surface area contributed by atoms with Crippen LogP contribution in [0.5, 0.6) is 0 Å². The zero-order valence-electron chi connectivity index (χ0n) is 22.7. The van der Waals surface area contributed by atoms with E-state index in [-0.39, 0.29) is 0 Å². The number of rotatable bonds is 6. The van der Waals surface area contributed by atoms with Crippen LogP contribution >= 0.6 is 0 Å². The van der Waals surface area contributed by atoms with Crippen LogP contribution < -0.4 is 0 Å². The number of benzene rings is 2. The molecule has 0 bridgehead atoms. The first-order valence-electron chi connectivity index (χ1n) is 12.7. The number of aryl methyl sites for hydroxylation is 2. The Morgan fingerprint density at radius 1 is 0.633 bits per heavy atom. The molecule has 1 atom stereocenters. The van der Waals surface area contributed by atoms with E-state index in [1.807, 2.05) is 41.5 Å². The Morgan fingerprint density at radius 3 is 1.60 bits per heavy atom. The molecule has 0 amide bonds. The molecule has 0 aliphatic rings. The maximum atomic E-state index is 2.40. The fourth-order valence-corrected chi connectivity index (χ4v) is 2.79. The molecule has 0 aliphatic heterocycles. The maximum Gasteiger partial charge on any atom is -0.0149 e. The molecule has 0 N–H and O–H groups in total. The predicted molar refractivity (Wildman–Crippen MR) is 144 cm³/mol. The van der Waals surface area contributed by atoms with Crippen LogP contribution in [0.3, 0.4) is 0 Å². The molecule has 0 radical (unpaired) electrons. The zero-order chi connectivity index (χ0) is 23.9. The topological polar surface area (TPSA) is 0 Å². The van der Waals surface area contributed by atoms with Gasteiger partial charge in [-0.3, -0.25) is 0 Å². The smallest absolute Gasteiger partial charge is 0.0149 e. The van der Waals surface area contributed by atoms with Gasteiger partial charge in [0.05, 0.1) is 0 Å². The van der Waals surface area contributed by atoms with E-state index in [9.17, 15) is 0 Å². The number of hydrogen-bond donors (Lipinski definition) is 0. The highest BCUT2D eigenvalue weighted by molar-refractivity contribution is 5.71. The SMILES string of the molecule is CC.CC.CC.CCCC.CCCCC(C)c1ccc(C)c(-c2ccccc2C)c1. The monoisotopic (exact) mass is 414 g/mol. The van der Waals surface area contributed by atoms with E-state index >= 15 is 0 Å². The Hall–Kier alpha value is -1.56. The van der Waals surface area contributed by atoms with Gasteiger partial charge in [-0.1, -0.05) is 137 Å². The molecule has 0 aliphatic carbocycles. The van der Waals surface area contributed by atoms with Gasteiger partial charge in [0.25, 0.3) is 0 Å². The number of unbranched alkanes of at least 4 members (excludes halogenated alkanes) is 2. The van der Waals surface area contributed by atoms with Crippen molar-refractivity contribution in [3.8, 4) is 11.1 Å². The fourth-order valence-electron chi connectivity index (χ4n) is 2.79. The molecule has 0 nitrogen and oxygen atoms in total. The normalized spacial score (nSPS) is 9.87. The maximum absolute atomic E-state index is 2.40. The third-order valence-electron chi connectivity index (χ3n) is 4.76. The summed E-state index contributed by atoms with van der Waals surface area (Å²) < 4.78 is 0. The predicted octanol–water partition coefficient (Wildman–Crippen LogP) is 11.1. The lowest BCUT2D eigenvalue weighted by Crippen LogP contribution is -1.96. The average molecular weight is 415 g/mol. The van der Waals surface area contributed by atoms with Crippen molar-refractivity contribution in [2.75, 3.05) is 0 Å². The van der Waals surface area contributed by atoms with E-state index in [4.69, 9.17) is 0 Å². The molecule has 30 heavy (non-hydrogen) atoms. The second-order valence-corrected chi connectivity index (χ2v) is 6.93. The van der Waals surface area contributed by atoms with Crippen LogP contribution in [0.15, 0.2) is 42.5 Å². The Kier molecular flexibility index (Phi) is 26.2. The average Bonchev–Trinajstić information content (AvgIpc) is 2.82. The second kappa shape index (κ2) is 23.7. The molecule has 0 heteroatoms. The minimum Gasteiger partial charge on any atom is -0.0683 e. The minimum absolute atomic E-state index is 0.651. The van der Waals surface area contributed by atoms with Crippen molar-refractivity contribution >= 4 is 0 Å². The second-order valence-electron chi connectivity index (χ2n) is 6.93. The van der Waals surface area contributed by atoms with Crippen molar-refractivity contribution in [1.29, 1.82) is 0 Å². The molecular formula is C30H54. The van der Waals surface area contributed by atoms with E-state index in [1.165, 1.54) is 59.9 Å². The zero-order valence-corrected chi connectivity index (χ0v) is 22.7. The number of hydrogen-bond acceptors (Lipinski definition) is 0. The van der Waals surface area contributed by atoms with E-state index in [1.54, 1.807) is 0 Å². The van der Waals surface area contributed by atoms with Crippen LogP contribution in [0.1, 0.15) is 124 Å². The Balaban J connectivity index is -0.000000627. The van der Waals surface area contributed by atoms with Crippen LogP contribution in [0, 0.1) is 13.8 Å². The Morgan fingerprint density at radius 2 is 1.13 bits per heavy atom. The lowest BCUT2D eigenvalue weighted by Gasteiger charge is -2.16. The van der Waals surface area contributed by atoms with Gasteiger partial charge in [0, 0.05) is 0 Å². The highest BCUT2D eigenvalue weighted by Gasteiger charge is 2.10. The highest BCUT2D eigenvalue weighted by Crippen LogP contribution is 2.31. The molecule has 174 valence electrons. The van der Waals surface area contributed by atoms with Crippen molar-refractivity contribution < 1.29 is 0 Å². The summed E-state index contributed by atoms with van der Waals surface area (Å²) in [5, 5.41) is 0. The van der Waals surface area contributed by atoms with Gasteiger partial charge < -0.3 is 0 Å². The molecular weight excluding hydrogens is 360 g/mol. The molecule has 1 unspecified atom stereocenters. The lowest BCUT2D eigenvalue weighted by molar-refractivity contribution is 0.624. The van der Waals surface area contributed by atoms with Gasteiger partial charge in [-0.05, 0) is 54.0 Å². The lowest BCUT2D eigenvalue weighted by atomic mass is 9.89. The van der Waals surface area contributed by atoms with Gasteiger partial charge in [-0.2, -0.15) is 0 Å². The minimum atomic E-state index is 0.651. The molecule has 0 heterocycles. The molecule has 2 rings (SSSR count). The summed E-state index contributed by atoms with van der Waals surface area (Å²) in [4.78, 5) is 0. The fraction of sp³-hybridized carbons (Fsp3) is 0.600. The van der Waals surface area contributed by atoms with Gasteiger partial charge >= 0.3 is 0 Å². The molecule has 2 aromatic rings. The van der Waals surface area contributed by atoms with Crippen LogP contribution in [0.2, 0.25) is 0 Å².